The van der Waals surface area contributed by atoms with Gasteiger partial charge in [-0.2, -0.15) is 0 Å². The van der Waals surface area contributed by atoms with Crippen molar-refractivity contribution in [1.29, 1.82) is 0 Å². The van der Waals surface area contributed by atoms with Gasteiger partial charge in [0.2, 0.25) is 5.91 Å². The van der Waals surface area contributed by atoms with Crippen LogP contribution in [-0.2, 0) is 11.3 Å². The predicted molar refractivity (Wildman–Crippen MR) is 103 cm³/mol. The van der Waals surface area contributed by atoms with Crippen LogP contribution in [0.3, 0.4) is 0 Å². The Morgan fingerprint density at radius 3 is 2.96 bits per heavy atom. The zero-order chi connectivity index (χ0) is 18.5. The van der Waals surface area contributed by atoms with E-state index in [4.69, 9.17) is 4.42 Å². The van der Waals surface area contributed by atoms with Crippen molar-refractivity contribution in [3.8, 4) is 11.4 Å². The summed E-state index contributed by atoms with van der Waals surface area (Å²) in [6.45, 7) is 8.92. The lowest BCUT2D eigenvalue weighted by Crippen LogP contribution is -2.40. The third-order valence-corrected chi connectivity index (χ3v) is 5.84. The van der Waals surface area contributed by atoms with Crippen molar-refractivity contribution < 1.29 is 9.21 Å². The van der Waals surface area contributed by atoms with E-state index in [1.165, 1.54) is 18.2 Å². The molecule has 26 heavy (non-hydrogen) atoms. The van der Waals surface area contributed by atoms with E-state index in [1.807, 2.05) is 17.9 Å². The van der Waals surface area contributed by atoms with Crippen molar-refractivity contribution in [2.75, 3.05) is 18.8 Å². The number of amides is 1. The molecule has 1 aliphatic rings. The van der Waals surface area contributed by atoms with Crippen LogP contribution in [0.5, 0.6) is 0 Å². The number of rotatable bonds is 7. The Bertz CT molecular complexity index is 740. The molecule has 0 unspecified atom stereocenters. The van der Waals surface area contributed by atoms with E-state index in [9.17, 15) is 4.79 Å². The Hall–Kier alpha value is -1.76. The summed E-state index contributed by atoms with van der Waals surface area (Å²) >= 11 is 1.49. The molecule has 1 aliphatic heterocycles. The molecule has 0 aromatic carbocycles. The van der Waals surface area contributed by atoms with Crippen LogP contribution in [0.1, 0.15) is 45.3 Å². The average Bonchev–Trinajstić information content (AvgIpc) is 3.23. The van der Waals surface area contributed by atoms with Gasteiger partial charge in [-0.25, -0.2) is 0 Å². The minimum Gasteiger partial charge on any atom is -0.469 e. The number of hydrogen-bond donors (Lipinski definition) is 0. The van der Waals surface area contributed by atoms with E-state index in [1.54, 1.807) is 6.26 Å². The maximum Gasteiger partial charge on any atom is 0.233 e. The van der Waals surface area contributed by atoms with Crippen LogP contribution in [0.25, 0.3) is 11.4 Å². The van der Waals surface area contributed by atoms with Crippen LogP contribution in [0.15, 0.2) is 21.9 Å². The van der Waals surface area contributed by atoms with Crippen LogP contribution in [0.4, 0.5) is 0 Å². The standard InChI is InChI=1S/C19H28N4O2S/c1-4-5-10-23-18(16-8-11-25-15(16)3)20-21-19(23)26-13-17(24)22-9-6-7-14(2)12-22/h8,11,14H,4-7,9-10,12-13H2,1-3H3/t14-/m1/s1. The lowest BCUT2D eigenvalue weighted by atomic mass is 10.0. The van der Waals surface area contributed by atoms with Crippen molar-refractivity contribution in [2.45, 2.75) is 58.2 Å². The van der Waals surface area contributed by atoms with Crippen molar-refractivity contribution in [3.05, 3.63) is 18.1 Å². The molecule has 1 saturated heterocycles. The summed E-state index contributed by atoms with van der Waals surface area (Å²) < 4.78 is 7.55. The van der Waals surface area contributed by atoms with E-state index in [0.717, 1.165) is 61.2 Å². The number of aryl methyl sites for hydroxylation is 1. The van der Waals surface area contributed by atoms with Gasteiger partial charge in [0.15, 0.2) is 11.0 Å². The Morgan fingerprint density at radius 1 is 1.42 bits per heavy atom. The third kappa shape index (κ3) is 4.31. The monoisotopic (exact) mass is 376 g/mol. The van der Waals surface area contributed by atoms with Crippen LogP contribution >= 0.6 is 11.8 Å². The molecule has 6 nitrogen and oxygen atoms in total. The Balaban J connectivity index is 1.72. The molecule has 0 bridgehead atoms. The number of furan rings is 1. The summed E-state index contributed by atoms with van der Waals surface area (Å²) in [7, 11) is 0. The van der Waals surface area contributed by atoms with Gasteiger partial charge in [0.05, 0.1) is 17.6 Å². The van der Waals surface area contributed by atoms with Gasteiger partial charge >= 0.3 is 0 Å². The summed E-state index contributed by atoms with van der Waals surface area (Å²) in [6, 6.07) is 1.93. The van der Waals surface area contributed by atoms with E-state index in [2.05, 4.69) is 28.6 Å². The first-order chi connectivity index (χ1) is 12.6. The molecule has 1 atom stereocenters. The summed E-state index contributed by atoms with van der Waals surface area (Å²) in [5, 5.41) is 9.56. The van der Waals surface area contributed by atoms with Crippen molar-refractivity contribution in [1.82, 2.24) is 19.7 Å². The van der Waals surface area contributed by atoms with Crippen molar-refractivity contribution >= 4 is 17.7 Å². The summed E-state index contributed by atoms with van der Waals surface area (Å²) in [6.07, 6.45) is 6.14. The molecule has 0 N–H and O–H groups in total. The number of carbonyl (C=O) groups is 1. The number of aromatic nitrogens is 3. The van der Waals surface area contributed by atoms with Gasteiger partial charge in [-0.3, -0.25) is 4.79 Å². The Morgan fingerprint density at radius 2 is 2.27 bits per heavy atom. The van der Waals surface area contributed by atoms with Gasteiger partial charge < -0.3 is 13.9 Å². The van der Waals surface area contributed by atoms with Crippen molar-refractivity contribution in [3.63, 3.8) is 0 Å². The summed E-state index contributed by atoms with van der Waals surface area (Å²) in [5.41, 5.74) is 0.969. The zero-order valence-corrected chi connectivity index (χ0v) is 16.7. The number of likely N-dealkylation sites (tertiary alicyclic amines) is 1. The molecule has 0 aliphatic carbocycles. The number of thioether (sulfide) groups is 1. The van der Waals surface area contributed by atoms with Gasteiger partial charge in [0, 0.05) is 19.6 Å². The molecular weight excluding hydrogens is 348 g/mol. The molecule has 1 amide bonds. The minimum absolute atomic E-state index is 0.202. The number of unbranched alkanes of at least 4 members (excludes halogenated alkanes) is 1. The maximum absolute atomic E-state index is 12.6. The zero-order valence-electron chi connectivity index (χ0n) is 15.9. The molecule has 2 aromatic rings. The fraction of sp³-hybridized carbons (Fsp3) is 0.632. The van der Waals surface area contributed by atoms with E-state index in [0.29, 0.717) is 11.7 Å². The SMILES string of the molecule is CCCCn1c(SCC(=O)N2CCC[C@@H](C)C2)nnc1-c1ccoc1C. The van der Waals surface area contributed by atoms with Gasteiger partial charge in [-0.1, -0.05) is 32.0 Å². The van der Waals surface area contributed by atoms with Crippen LogP contribution in [0.2, 0.25) is 0 Å². The summed E-state index contributed by atoms with van der Waals surface area (Å²) in [5.74, 6) is 2.88. The van der Waals surface area contributed by atoms with Gasteiger partial charge in [-0.05, 0) is 38.2 Å². The van der Waals surface area contributed by atoms with Gasteiger partial charge in [0.1, 0.15) is 5.76 Å². The highest BCUT2D eigenvalue weighted by atomic mass is 32.2. The molecule has 0 spiro atoms. The molecular formula is C19H28N4O2S. The second-order valence-corrected chi connectivity index (χ2v) is 8.02. The highest BCUT2D eigenvalue weighted by Gasteiger charge is 2.23. The second-order valence-electron chi connectivity index (χ2n) is 7.08. The lowest BCUT2D eigenvalue weighted by molar-refractivity contribution is -0.130. The van der Waals surface area contributed by atoms with E-state index < -0.39 is 0 Å². The third-order valence-electron chi connectivity index (χ3n) is 4.89. The molecule has 1 fully saturated rings. The topological polar surface area (TPSA) is 64.2 Å². The molecule has 142 valence electrons. The van der Waals surface area contributed by atoms with Gasteiger partial charge in [-0.15, -0.1) is 10.2 Å². The highest BCUT2D eigenvalue weighted by molar-refractivity contribution is 7.99. The van der Waals surface area contributed by atoms with Gasteiger partial charge in [0.25, 0.3) is 0 Å². The number of carbonyl (C=O) groups excluding carboxylic acids is 1. The smallest absolute Gasteiger partial charge is 0.233 e. The minimum atomic E-state index is 0.202. The van der Waals surface area contributed by atoms with E-state index in [-0.39, 0.29) is 5.91 Å². The number of piperidine rings is 1. The molecule has 0 radical (unpaired) electrons. The number of nitrogens with zero attached hydrogens (tertiary/aromatic N) is 4. The summed E-state index contributed by atoms with van der Waals surface area (Å²) in [4.78, 5) is 14.6. The van der Waals surface area contributed by atoms with E-state index >= 15 is 0 Å². The second kappa shape index (κ2) is 8.75. The maximum atomic E-state index is 12.6. The molecule has 2 aromatic heterocycles. The predicted octanol–water partition coefficient (Wildman–Crippen LogP) is 4.00. The molecule has 7 heteroatoms. The van der Waals surface area contributed by atoms with Crippen LogP contribution < -0.4 is 0 Å². The fourth-order valence-electron chi connectivity index (χ4n) is 3.36. The number of hydrogen-bond acceptors (Lipinski definition) is 5. The first-order valence-electron chi connectivity index (χ1n) is 9.48. The van der Waals surface area contributed by atoms with Crippen LogP contribution in [-0.4, -0.2) is 44.4 Å². The normalized spacial score (nSPS) is 17.7. The molecule has 0 saturated carbocycles. The lowest BCUT2D eigenvalue weighted by Gasteiger charge is -2.30. The first-order valence-corrected chi connectivity index (χ1v) is 10.5. The highest BCUT2D eigenvalue weighted by Crippen LogP contribution is 2.28. The van der Waals surface area contributed by atoms with Crippen LogP contribution in [0, 0.1) is 12.8 Å². The Kier molecular flexibility index (Phi) is 6.40. The molecule has 3 rings (SSSR count). The largest absolute Gasteiger partial charge is 0.469 e. The molecule has 3 heterocycles. The Labute approximate surface area is 159 Å². The average molecular weight is 377 g/mol. The first kappa shape index (κ1) is 19.0. The quantitative estimate of drug-likeness (QED) is 0.684. The fourth-order valence-corrected chi connectivity index (χ4v) is 4.23. The van der Waals surface area contributed by atoms with Crippen molar-refractivity contribution in [2.24, 2.45) is 5.92 Å².